The Bertz CT molecular complexity index is 587. The van der Waals surface area contributed by atoms with E-state index in [1.165, 1.54) is 11.8 Å². The summed E-state index contributed by atoms with van der Waals surface area (Å²) < 4.78 is 15.5. The van der Waals surface area contributed by atoms with Crippen LogP contribution < -0.4 is 5.73 Å². The molecule has 1 aromatic carbocycles. The van der Waals surface area contributed by atoms with E-state index < -0.39 is 0 Å². The molecule has 0 amide bonds. The smallest absolute Gasteiger partial charge is 0.127 e. The van der Waals surface area contributed by atoms with Gasteiger partial charge in [-0.25, -0.2) is 4.39 Å². The predicted octanol–water partition coefficient (Wildman–Crippen LogP) is 2.81. The van der Waals surface area contributed by atoms with Crippen molar-refractivity contribution in [2.45, 2.75) is 33.2 Å². The first-order valence-electron chi connectivity index (χ1n) is 6.65. The molecular formula is C15H20FN3. The van der Waals surface area contributed by atoms with Gasteiger partial charge >= 0.3 is 0 Å². The van der Waals surface area contributed by atoms with E-state index in [-0.39, 0.29) is 12.4 Å². The van der Waals surface area contributed by atoms with Crippen LogP contribution >= 0.6 is 0 Å². The molecule has 0 spiro atoms. The van der Waals surface area contributed by atoms with Crippen molar-refractivity contribution in [1.29, 1.82) is 0 Å². The van der Waals surface area contributed by atoms with E-state index in [1.807, 2.05) is 23.9 Å². The van der Waals surface area contributed by atoms with Crippen molar-refractivity contribution >= 4 is 0 Å². The van der Waals surface area contributed by atoms with Crippen molar-refractivity contribution in [1.82, 2.24) is 9.78 Å². The predicted molar refractivity (Wildman–Crippen MR) is 75.2 cm³/mol. The SMILES string of the molecule is CCc1nn(C)c(CC)c1-c1ccc(F)c(CN)c1. The molecule has 0 aliphatic heterocycles. The van der Waals surface area contributed by atoms with Crippen molar-refractivity contribution in [3.63, 3.8) is 0 Å². The Labute approximate surface area is 113 Å². The summed E-state index contributed by atoms with van der Waals surface area (Å²) >= 11 is 0. The first-order chi connectivity index (χ1) is 9.12. The molecule has 0 aliphatic rings. The molecule has 1 heterocycles. The monoisotopic (exact) mass is 261 g/mol. The number of hydrogen-bond donors (Lipinski definition) is 1. The van der Waals surface area contributed by atoms with Gasteiger partial charge in [0, 0.05) is 30.4 Å². The van der Waals surface area contributed by atoms with Gasteiger partial charge in [0.15, 0.2) is 0 Å². The number of nitrogens with two attached hydrogens (primary N) is 1. The standard InChI is InChI=1S/C15H20FN3/c1-4-13-15(14(5-2)19(3)18-13)10-6-7-12(16)11(8-10)9-17/h6-8H,4-5,9,17H2,1-3H3. The summed E-state index contributed by atoms with van der Waals surface area (Å²) in [6.07, 6.45) is 1.76. The first kappa shape index (κ1) is 13.7. The second kappa shape index (κ2) is 5.53. The third-order valence-corrected chi connectivity index (χ3v) is 3.46. The van der Waals surface area contributed by atoms with Crippen molar-refractivity contribution in [2.75, 3.05) is 0 Å². The summed E-state index contributed by atoms with van der Waals surface area (Å²) in [6, 6.07) is 5.14. The largest absolute Gasteiger partial charge is 0.326 e. The van der Waals surface area contributed by atoms with Gasteiger partial charge in [0.25, 0.3) is 0 Å². The van der Waals surface area contributed by atoms with Crippen LogP contribution in [0.3, 0.4) is 0 Å². The summed E-state index contributed by atoms with van der Waals surface area (Å²) in [7, 11) is 1.95. The normalized spacial score (nSPS) is 11.0. The molecule has 2 N–H and O–H groups in total. The van der Waals surface area contributed by atoms with Gasteiger partial charge in [0.05, 0.1) is 5.69 Å². The Balaban J connectivity index is 2.63. The number of aryl methyl sites for hydroxylation is 2. The Morgan fingerprint density at radius 3 is 2.58 bits per heavy atom. The maximum Gasteiger partial charge on any atom is 0.127 e. The molecule has 0 bridgehead atoms. The molecule has 1 aromatic heterocycles. The summed E-state index contributed by atoms with van der Waals surface area (Å²) in [5, 5.41) is 4.55. The Morgan fingerprint density at radius 1 is 1.26 bits per heavy atom. The lowest BCUT2D eigenvalue weighted by Gasteiger charge is -2.08. The third-order valence-electron chi connectivity index (χ3n) is 3.46. The summed E-state index contributed by atoms with van der Waals surface area (Å²) in [5.74, 6) is -0.244. The van der Waals surface area contributed by atoms with Gasteiger partial charge in [-0.3, -0.25) is 4.68 Å². The fourth-order valence-corrected chi connectivity index (χ4v) is 2.49. The van der Waals surface area contributed by atoms with Gasteiger partial charge in [0.2, 0.25) is 0 Å². The minimum Gasteiger partial charge on any atom is -0.326 e. The van der Waals surface area contributed by atoms with E-state index in [0.717, 1.165) is 29.7 Å². The third kappa shape index (κ3) is 2.40. The van der Waals surface area contributed by atoms with Crippen molar-refractivity contribution < 1.29 is 4.39 Å². The molecule has 102 valence electrons. The number of hydrogen-bond acceptors (Lipinski definition) is 2. The maximum atomic E-state index is 13.6. The highest BCUT2D eigenvalue weighted by Crippen LogP contribution is 2.29. The Morgan fingerprint density at radius 2 is 2.00 bits per heavy atom. The van der Waals surface area contributed by atoms with Crippen LogP contribution in [0.5, 0.6) is 0 Å². The molecule has 0 radical (unpaired) electrons. The highest BCUT2D eigenvalue weighted by Gasteiger charge is 2.16. The van der Waals surface area contributed by atoms with Gasteiger partial charge in [0.1, 0.15) is 5.82 Å². The van der Waals surface area contributed by atoms with E-state index in [9.17, 15) is 4.39 Å². The van der Waals surface area contributed by atoms with E-state index in [2.05, 4.69) is 18.9 Å². The zero-order chi connectivity index (χ0) is 14.0. The van der Waals surface area contributed by atoms with Gasteiger partial charge in [-0.05, 0) is 30.5 Å². The fraction of sp³-hybridized carbons (Fsp3) is 0.400. The van der Waals surface area contributed by atoms with Crippen molar-refractivity contribution in [3.8, 4) is 11.1 Å². The van der Waals surface area contributed by atoms with Crippen molar-refractivity contribution in [3.05, 3.63) is 41.0 Å². The first-order valence-corrected chi connectivity index (χ1v) is 6.65. The van der Waals surface area contributed by atoms with Crippen LogP contribution in [0.25, 0.3) is 11.1 Å². The molecule has 0 atom stereocenters. The molecular weight excluding hydrogens is 241 g/mol. The van der Waals surface area contributed by atoms with E-state index >= 15 is 0 Å². The molecule has 0 unspecified atom stereocenters. The van der Waals surface area contributed by atoms with Crippen LogP contribution in [0.2, 0.25) is 0 Å². The topological polar surface area (TPSA) is 43.8 Å². The lowest BCUT2D eigenvalue weighted by molar-refractivity contribution is 0.611. The molecule has 0 saturated heterocycles. The Kier molecular flexibility index (Phi) is 4.00. The number of nitrogens with zero attached hydrogens (tertiary/aromatic N) is 2. The molecule has 0 aliphatic carbocycles. The lowest BCUT2D eigenvalue weighted by atomic mass is 9.98. The van der Waals surface area contributed by atoms with Crippen LogP contribution in [0.1, 0.15) is 30.8 Å². The molecule has 0 saturated carbocycles. The van der Waals surface area contributed by atoms with Crippen LogP contribution in [0.15, 0.2) is 18.2 Å². The number of rotatable bonds is 4. The summed E-state index contributed by atoms with van der Waals surface area (Å²) in [5.41, 5.74) is 10.5. The van der Waals surface area contributed by atoms with Gasteiger partial charge in [-0.2, -0.15) is 5.10 Å². The molecule has 2 aromatic rings. The zero-order valence-corrected chi connectivity index (χ0v) is 11.7. The van der Waals surface area contributed by atoms with E-state index in [1.54, 1.807) is 0 Å². The summed E-state index contributed by atoms with van der Waals surface area (Å²) in [6.45, 7) is 4.40. The van der Waals surface area contributed by atoms with Crippen LogP contribution in [0, 0.1) is 5.82 Å². The van der Waals surface area contributed by atoms with E-state index in [0.29, 0.717) is 5.56 Å². The Hall–Kier alpha value is -1.68. The molecule has 19 heavy (non-hydrogen) atoms. The maximum absolute atomic E-state index is 13.6. The molecule has 0 fully saturated rings. The number of benzene rings is 1. The average molecular weight is 261 g/mol. The number of halogens is 1. The van der Waals surface area contributed by atoms with E-state index in [4.69, 9.17) is 5.73 Å². The van der Waals surface area contributed by atoms with Crippen LogP contribution in [0.4, 0.5) is 4.39 Å². The van der Waals surface area contributed by atoms with Gasteiger partial charge in [-0.1, -0.05) is 19.9 Å². The quantitative estimate of drug-likeness (QED) is 0.919. The van der Waals surface area contributed by atoms with Crippen molar-refractivity contribution in [2.24, 2.45) is 12.8 Å². The average Bonchev–Trinajstić information content (AvgIpc) is 2.75. The lowest BCUT2D eigenvalue weighted by Crippen LogP contribution is -2.01. The highest BCUT2D eigenvalue weighted by atomic mass is 19.1. The molecule has 2 rings (SSSR count). The molecule has 4 heteroatoms. The van der Waals surface area contributed by atoms with Gasteiger partial charge in [-0.15, -0.1) is 0 Å². The zero-order valence-electron chi connectivity index (χ0n) is 11.7. The van der Waals surface area contributed by atoms with Crippen LogP contribution in [-0.4, -0.2) is 9.78 Å². The van der Waals surface area contributed by atoms with Gasteiger partial charge < -0.3 is 5.73 Å². The minimum absolute atomic E-state index is 0.211. The molecule has 3 nitrogen and oxygen atoms in total. The second-order valence-electron chi connectivity index (χ2n) is 4.61. The fourth-order valence-electron chi connectivity index (χ4n) is 2.49. The minimum atomic E-state index is -0.244. The second-order valence-corrected chi connectivity index (χ2v) is 4.61. The number of aromatic nitrogens is 2. The summed E-state index contributed by atoms with van der Waals surface area (Å²) in [4.78, 5) is 0. The highest BCUT2D eigenvalue weighted by molar-refractivity contribution is 5.69. The van der Waals surface area contributed by atoms with Crippen LogP contribution in [-0.2, 0) is 26.4 Å².